The van der Waals surface area contributed by atoms with Gasteiger partial charge in [-0.25, -0.2) is 18.4 Å². The predicted molar refractivity (Wildman–Crippen MR) is 76.0 cm³/mol. The molecular formula is C12H20N4O2S. The van der Waals surface area contributed by atoms with Crippen LogP contribution in [0.5, 0.6) is 0 Å². The Morgan fingerprint density at radius 2 is 2.05 bits per heavy atom. The Balaban J connectivity index is 2.19. The number of nitrogens with two attached hydrogens (primary N) is 1. The van der Waals surface area contributed by atoms with Crippen LogP contribution in [0.15, 0.2) is 0 Å². The molecule has 1 fully saturated rings. The van der Waals surface area contributed by atoms with Gasteiger partial charge in [-0.15, -0.1) is 0 Å². The number of sulfone groups is 1. The van der Waals surface area contributed by atoms with Gasteiger partial charge in [0.2, 0.25) is 0 Å². The number of rotatable bonds is 5. The van der Waals surface area contributed by atoms with E-state index in [0.717, 1.165) is 24.2 Å². The van der Waals surface area contributed by atoms with Gasteiger partial charge < -0.3 is 11.1 Å². The van der Waals surface area contributed by atoms with Gasteiger partial charge >= 0.3 is 0 Å². The molecule has 1 unspecified atom stereocenters. The van der Waals surface area contributed by atoms with Crippen LogP contribution in [0.4, 0.5) is 11.6 Å². The van der Waals surface area contributed by atoms with Gasteiger partial charge in [0, 0.05) is 23.8 Å². The van der Waals surface area contributed by atoms with Crippen LogP contribution in [0.2, 0.25) is 0 Å². The maximum atomic E-state index is 11.3. The van der Waals surface area contributed by atoms with E-state index in [1.54, 1.807) is 0 Å². The highest BCUT2D eigenvalue weighted by molar-refractivity contribution is 7.90. The second-order valence-corrected chi connectivity index (χ2v) is 7.54. The third-order valence-corrected chi connectivity index (χ3v) is 4.18. The molecule has 1 saturated carbocycles. The standard InChI is InChI=1S/C12H20N4O2S/c1-7(6-19(3,17)18)14-11-8(2)10(13)15-12(16-11)9-4-5-9/h7,9H,4-6H2,1-3H3,(H3,13,14,15,16). The van der Waals surface area contributed by atoms with E-state index in [-0.39, 0.29) is 11.8 Å². The van der Waals surface area contributed by atoms with E-state index >= 15 is 0 Å². The molecule has 19 heavy (non-hydrogen) atoms. The van der Waals surface area contributed by atoms with Gasteiger partial charge in [-0.05, 0) is 26.7 Å². The lowest BCUT2D eigenvalue weighted by molar-refractivity contribution is 0.598. The number of nitrogens with one attached hydrogen (secondary N) is 1. The van der Waals surface area contributed by atoms with Gasteiger partial charge in [-0.3, -0.25) is 0 Å². The highest BCUT2D eigenvalue weighted by Crippen LogP contribution is 2.39. The molecule has 7 heteroatoms. The second kappa shape index (κ2) is 4.96. The Morgan fingerprint density at radius 3 is 2.58 bits per heavy atom. The normalized spacial score (nSPS) is 17.2. The highest BCUT2D eigenvalue weighted by Gasteiger charge is 2.28. The topological polar surface area (TPSA) is 98.0 Å². The van der Waals surface area contributed by atoms with Crippen LogP contribution in [-0.4, -0.2) is 36.4 Å². The number of hydrogen-bond donors (Lipinski definition) is 2. The summed E-state index contributed by atoms with van der Waals surface area (Å²) in [5, 5.41) is 3.12. The first kappa shape index (κ1) is 14.0. The van der Waals surface area contributed by atoms with E-state index in [1.165, 1.54) is 6.26 Å². The van der Waals surface area contributed by atoms with Crippen molar-refractivity contribution >= 4 is 21.5 Å². The molecular weight excluding hydrogens is 264 g/mol. The Bertz CT molecular complexity index is 582. The summed E-state index contributed by atoms with van der Waals surface area (Å²) in [5.74, 6) is 2.34. The lowest BCUT2D eigenvalue weighted by atomic mass is 10.2. The third kappa shape index (κ3) is 3.79. The van der Waals surface area contributed by atoms with Crippen molar-refractivity contribution < 1.29 is 8.42 Å². The minimum atomic E-state index is -3.02. The van der Waals surface area contributed by atoms with Crippen LogP contribution in [0.3, 0.4) is 0 Å². The van der Waals surface area contributed by atoms with E-state index in [4.69, 9.17) is 5.73 Å². The van der Waals surface area contributed by atoms with Gasteiger partial charge in [0.05, 0.1) is 5.75 Å². The van der Waals surface area contributed by atoms with Gasteiger partial charge in [0.15, 0.2) is 0 Å². The van der Waals surface area contributed by atoms with E-state index in [1.807, 2.05) is 13.8 Å². The fourth-order valence-corrected chi connectivity index (χ4v) is 2.94. The van der Waals surface area contributed by atoms with Crippen LogP contribution < -0.4 is 11.1 Å². The first-order valence-electron chi connectivity index (χ1n) is 6.34. The molecule has 2 rings (SSSR count). The van der Waals surface area contributed by atoms with E-state index in [9.17, 15) is 8.42 Å². The van der Waals surface area contributed by atoms with E-state index in [0.29, 0.717) is 17.6 Å². The average Bonchev–Trinajstić information content (AvgIpc) is 3.05. The van der Waals surface area contributed by atoms with Gasteiger partial charge in [0.1, 0.15) is 27.3 Å². The summed E-state index contributed by atoms with van der Waals surface area (Å²) in [7, 11) is -3.02. The summed E-state index contributed by atoms with van der Waals surface area (Å²) in [6, 6.07) is -0.213. The van der Waals surface area contributed by atoms with Gasteiger partial charge in [-0.2, -0.15) is 0 Å². The Kier molecular flexibility index (Phi) is 3.66. The van der Waals surface area contributed by atoms with E-state index < -0.39 is 9.84 Å². The molecule has 1 aliphatic rings. The average molecular weight is 284 g/mol. The minimum absolute atomic E-state index is 0.0646. The van der Waals surface area contributed by atoms with Crippen molar-refractivity contribution in [3.8, 4) is 0 Å². The van der Waals surface area contributed by atoms with Crippen molar-refractivity contribution in [3.63, 3.8) is 0 Å². The quantitative estimate of drug-likeness (QED) is 0.840. The molecule has 3 N–H and O–H groups in total. The van der Waals surface area contributed by atoms with Crippen LogP contribution in [0.1, 0.15) is 37.1 Å². The number of hydrogen-bond acceptors (Lipinski definition) is 6. The lowest BCUT2D eigenvalue weighted by Gasteiger charge is -2.16. The van der Waals surface area contributed by atoms with Crippen molar-refractivity contribution in [1.82, 2.24) is 9.97 Å². The molecule has 1 aromatic heterocycles. The summed E-state index contributed by atoms with van der Waals surface area (Å²) >= 11 is 0. The van der Waals surface area contributed by atoms with Crippen molar-refractivity contribution in [3.05, 3.63) is 11.4 Å². The number of nitrogens with zero attached hydrogens (tertiary/aromatic N) is 2. The van der Waals surface area contributed by atoms with Crippen LogP contribution in [0.25, 0.3) is 0 Å². The monoisotopic (exact) mass is 284 g/mol. The van der Waals surface area contributed by atoms with Crippen molar-refractivity contribution in [2.45, 2.75) is 38.6 Å². The number of anilines is 2. The van der Waals surface area contributed by atoms with E-state index in [2.05, 4.69) is 15.3 Å². The van der Waals surface area contributed by atoms with Gasteiger partial charge in [0.25, 0.3) is 0 Å². The molecule has 0 aliphatic heterocycles. The van der Waals surface area contributed by atoms with Crippen LogP contribution in [0, 0.1) is 6.92 Å². The van der Waals surface area contributed by atoms with Crippen molar-refractivity contribution in [1.29, 1.82) is 0 Å². The third-order valence-electron chi connectivity index (χ3n) is 3.08. The summed E-state index contributed by atoms with van der Waals surface area (Å²) in [5.41, 5.74) is 6.65. The van der Waals surface area contributed by atoms with Crippen molar-refractivity contribution in [2.75, 3.05) is 23.1 Å². The van der Waals surface area contributed by atoms with Crippen LogP contribution in [-0.2, 0) is 9.84 Å². The number of aromatic nitrogens is 2. The molecule has 1 aliphatic carbocycles. The molecule has 1 aromatic rings. The predicted octanol–water partition coefficient (Wildman–Crippen LogP) is 1.09. The molecule has 1 heterocycles. The Labute approximate surface area is 113 Å². The molecule has 106 valence electrons. The maximum Gasteiger partial charge on any atom is 0.149 e. The smallest absolute Gasteiger partial charge is 0.149 e. The molecule has 0 amide bonds. The molecule has 0 spiro atoms. The highest BCUT2D eigenvalue weighted by atomic mass is 32.2. The van der Waals surface area contributed by atoms with Crippen LogP contribution >= 0.6 is 0 Å². The first-order chi connectivity index (χ1) is 8.76. The largest absolute Gasteiger partial charge is 0.383 e. The first-order valence-corrected chi connectivity index (χ1v) is 8.40. The SMILES string of the molecule is Cc1c(N)nc(C2CC2)nc1NC(C)CS(C)(=O)=O. The number of nitrogen functional groups attached to an aromatic ring is 1. The molecule has 6 nitrogen and oxygen atoms in total. The molecule has 0 radical (unpaired) electrons. The Morgan fingerprint density at radius 1 is 1.42 bits per heavy atom. The molecule has 0 aromatic carbocycles. The fourth-order valence-electron chi connectivity index (χ4n) is 1.95. The zero-order valence-corrected chi connectivity index (χ0v) is 12.3. The fraction of sp³-hybridized carbons (Fsp3) is 0.667. The summed E-state index contributed by atoms with van der Waals surface area (Å²) in [6.45, 7) is 3.65. The molecule has 1 atom stereocenters. The summed E-state index contributed by atoms with van der Waals surface area (Å²) in [4.78, 5) is 8.75. The zero-order chi connectivity index (χ0) is 14.2. The van der Waals surface area contributed by atoms with Gasteiger partial charge in [-0.1, -0.05) is 0 Å². The summed E-state index contributed by atoms with van der Waals surface area (Å²) < 4.78 is 22.5. The second-order valence-electron chi connectivity index (χ2n) is 5.35. The van der Waals surface area contributed by atoms with Crippen molar-refractivity contribution in [2.24, 2.45) is 0 Å². The summed E-state index contributed by atoms with van der Waals surface area (Å²) in [6.07, 6.45) is 3.42. The maximum absolute atomic E-state index is 11.3. The zero-order valence-electron chi connectivity index (χ0n) is 11.5. The molecule has 0 saturated heterocycles. The lowest BCUT2D eigenvalue weighted by Crippen LogP contribution is -2.26. The Hall–Kier alpha value is -1.37. The minimum Gasteiger partial charge on any atom is -0.383 e. The molecule has 0 bridgehead atoms.